The van der Waals surface area contributed by atoms with E-state index in [0.717, 1.165) is 29.7 Å². The number of nitrogens with zero attached hydrogens (tertiary/aromatic N) is 1. The van der Waals surface area contributed by atoms with Crippen molar-refractivity contribution >= 4 is 6.09 Å². The van der Waals surface area contributed by atoms with Gasteiger partial charge in [0.15, 0.2) is 0 Å². The predicted molar refractivity (Wildman–Crippen MR) is 93.7 cm³/mol. The van der Waals surface area contributed by atoms with Crippen molar-refractivity contribution in [3.8, 4) is 17.0 Å². The second-order valence-corrected chi connectivity index (χ2v) is 5.46. The summed E-state index contributed by atoms with van der Waals surface area (Å²) in [4.78, 5) is 15.5. The first-order valence-corrected chi connectivity index (χ1v) is 7.78. The van der Waals surface area contributed by atoms with Gasteiger partial charge in [0.05, 0.1) is 0 Å². The molecule has 0 atom stereocenters. The van der Waals surface area contributed by atoms with Crippen LogP contribution in [-0.4, -0.2) is 11.1 Å². The summed E-state index contributed by atoms with van der Waals surface area (Å²) in [6, 6.07) is 23.9. The Morgan fingerprint density at radius 1 is 0.875 bits per heavy atom. The first-order chi connectivity index (χ1) is 11.7. The maximum absolute atomic E-state index is 11.1. The Hall–Kier alpha value is -3.14. The number of pyridine rings is 1. The first kappa shape index (κ1) is 15.7. The van der Waals surface area contributed by atoms with Gasteiger partial charge in [-0.15, -0.1) is 0 Å². The minimum Gasteiger partial charge on any atom is -0.391 e. The van der Waals surface area contributed by atoms with Crippen LogP contribution in [-0.2, 0) is 12.8 Å². The SMILES string of the molecule is NC(=O)Oc1cc(-c2ccccc2)cc(CCc2ccccc2)n1. The van der Waals surface area contributed by atoms with Crippen LogP contribution < -0.4 is 10.5 Å². The number of hydrogen-bond donors (Lipinski definition) is 1. The highest BCUT2D eigenvalue weighted by Gasteiger charge is 2.08. The predicted octanol–water partition coefficient (Wildman–Crippen LogP) is 3.99. The van der Waals surface area contributed by atoms with Crippen LogP contribution in [0.2, 0.25) is 0 Å². The third-order valence-electron chi connectivity index (χ3n) is 3.68. The molecule has 0 saturated carbocycles. The summed E-state index contributed by atoms with van der Waals surface area (Å²) < 4.78 is 5.00. The van der Waals surface area contributed by atoms with E-state index in [2.05, 4.69) is 17.1 Å². The number of aryl methyl sites for hydroxylation is 2. The molecule has 0 aliphatic carbocycles. The van der Waals surface area contributed by atoms with E-state index in [1.807, 2.05) is 54.6 Å². The van der Waals surface area contributed by atoms with Gasteiger partial charge in [0, 0.05) is 11.8 Å². The Morgan fingerprint density at radius 2 is 1.54 bits per heavy atom. The summed E-state index contributed by atoms with van der Waals surface area (Å²) in [7, 11) is 0. The third-order valence-corrected chi connectivity index (χ3v) is 3.68. The summed E-state index contributed by atoms with van der Waals surface area (Å²) in [5.74, 6) is 0.229. The summed E-state index contributed by atoms with van der Waals surface area (Å²) in [6.45, 7) is 0. The van der Waals surface area contributed by atoms with Gasteiger partial charge >= 0.3 is 6.09 Å². The number of rotatable bonds is 5. The fourth-order valence-electron chi connectivity index (χ4n) is 2.56. The monoisotopic (exact) mass is 318 g/mol. The van der Waals surface area contributed by atoms with Crippen molar-refractivity contribution in [3.63, 3.8) is 0 Å². The molecule has 4 nitrogen and oxygen atoms in total. The van der Waals surface area contributed by atoms with Crippen molar-refractivity contribution in [2.24, 2.45) is 5.73 Å². The maximum atomic E-state index is 11.1. The number of primary amides is 1. The zero-order valence-corrected chi connectivity index (χ0v) is 13.2. The van der Waals surface area contributed by atoms with Gasteiger partial charge < -0.3 is 10.5 Å². The lowest BCUT2D eigenvalue weighted by Crippen LogP contribution is -2.17. The van der Waals surface area contributed by atoms with E-state index in [0.29, 0.717) is 0 Å². The smallest absolute Gasteiger partial charge is 0.391 e. The molecule has 0 radical (unpaired) electrons. The number of ether oxygens (including phenoxy) is 1. The Labute approximate surface area is 140 Å². The van der Waals surface area contributed by atoms with Crippen LogP contribution in [0.1, 0.15) is 11.3 Å². The van der Waals surface area contributed by atoms with E-state index in [4.69, 9.17) is 10.5 Å². The van der Waals surface area contributed by atoms with Gasteiger partial charge in [0.1, 0.15) is 0 Å². The van der Waals surface area contributed by atoms with Gasteiger partial charge in [-0.3, -0.25) is 0 Å². The molecule has 0 spiro atoms. The molecule has 3 aromatic rings. The molecular weight excluding hydrogens is 300 g/mol. The fourth-order valence-corrected chi connectivity index (χ4v) is 2.56. The van der Waals surface area contributed by atoms with Gasteiger partial charge in [-0.25, -0.2) is 9.78 Å². The first-order valence-electron chi connectivity index (χ1n) is 7.78. The molecule has 0 saturated heterocycles. The molecule has 120 valence electrons. The molecule has 4 heteroatoms. The Kier molecular flexibility index (Phi) is 4.87. The second-order valence-electron chi connectivity index (χ2n) is 5.46. The molecule has 1 aromatic heterocycles. The minimum atomic E-state index is -0.860. The minimum absolute atomic E-state index is 0.229. The number of amides is 1. The van der Waals surface area contributed by atoms with Crippen LogP contribution in [0.4, 0.5) is 4.79 Å². The van der Waals surface area contributed by atoms with Crippen LogP contribution in [0.3, 0.4) is 0 Å². The molecule has 1 heterocycles. The highest BCUT2D eigenvalue weighted by Crippen LogP contribution is 2.24. The quantitative estimate of drug-likeness (QED) is 0.773. The molecule has 3 rings (SSSR count). The number of carbonyl (C=O) groups excluding carboxylic acids is 1. The molecule has 0 bridgehead atoms. The molecule has 24 heavy (non-hydrogen) atoms. The van der Waals surface area contributed by atoms with Crippen molar-refractivity contribution in [2.45, 2.75) is 12.8 Å². The van der Waals surface area contributed by atoms with Gasteiger partial charge in [-0.05, 0) is 35.6 Å². The molecule has 0 aliphatic rings. The lowest BCUT2D eigenvalue weighted by Gasteiger charge is -2.09. The Balaban J connectivity index is 1.88. The third kappa shape index (κ3) is 4.20. The van der Waals surface area contributed by atoms with Gasteiger partial charge in [0.25, 0.3) is 0 Å². The van der Waals surface area contributed by atoms with E-state index in [1.165, 1.54) is 5.56 Å². The summed E-state index contributed by atoms with van der Waals surface area (Å²) in [6.07, 6.45) is 0.753. The molecule has 0 unspecified atom stereocenters. The molecule has 0 aliphatic heterocycles. The van der Waals surface area contributed by atoms with Crippen LogP contribution in [0.5, 0.6) is 5.88 Å². The van der Waals surface area contributed by atoms with E-state index < -0.39 is 6.09 Å². The maximum Gasteiger partial charge on any atom is 0.411 e. The van der Waals surface area contributed by atoms with Crippen molar-refractivity contribution in [1.82, 2.24) is 4.98 Å². The van der Waals surface area contributed by atoms with E-state index >= 15 is 0 Å². The largest absolute Gasteiger partial charge is 0.411 e. The number of nitrogens with two attached hydrogens (primary N) is 1. The standard InChI is InChI=1S/C20H18N2O2/c21-20(23)24-19-14-17(16-9-5-2-6-10-16)13-18(22-19)12-11-15-7-3-1-4-8-15/h1-10,13-14H,11-12H2,(H2,21,23). The normalized spacial score (nSPS) is 10.3. The van der Waals surface area contributed by atoms with Crippen molar-refractivity contribution in [1.29, 1.82) is 0 Å². The van der Waals surface area contributed by atoms with E-state index in [1.54, 1.807) is 6.07 Å². The molecule has 1 amide bonds. The Morgan fingerprint density at radius 3 is 2.21 bits per heavy atom. The molecule has 2 aromatic carbocycles. The van der Waals surface area contributed by atoms with Crippen molar-refractivity contribution in [3.05, 3.63) is 84.1 Å². The Bertz CT molecular complexity index is 818. The lowest BCUT2D eigenvalue weighted by molar-refractivity contribution is 0.209. The summed E-state index contributed by atoms with van der Waals surface area (Å²) in [5.41, 5.74) is 9.21. The zero-order valence-electron chi connectivity index (χ0n) is 13.2. The van der Waals surface area contributed by atoms with Crippen LogP contribution in [0.15, 0.2) is 72.8 Å². The van der Waals surface area contributed by atoms with E-state index in [9.17, 15) is 4.79 Å². The van der Waals surface area contributed by atoms with Gasteiger partial charge in [-0.2, -0.15) is 0 Å². The van der Waals surface area contributed by atoms with Crippen LogP contribution in [0.25, 0.3) is 11.1 Å². The van der Waals surface area contributed by atoms with Gasteiger partial charge in [-0.1, -0.05) is 60.7 Å². The average Bonchev–Trinajstić information content (AvgIpc) is 2.61. The fraction of sp³-hybridized carbons (Fsp3) is 0.100. The van der Waals surface area contributed by atoms with Gasteiger partial charge in [0.2, 0.25) is 5.88 Å². The van der Waals surface area contributed by atoms with Crippen molar-refractivity contribution < 1.29 is 9.53 Å². The highest BCUT2D eigenvalue weighted by atomic mass is 16.6. The number of aromatic nitrogens is 1. The summed E-state index contributed by atoms with van der Waals surface area (Å²) >= 11 is 0. The molecule has 0 fully saturated rings. The van der Waals surface area contributed by atoms with E-state index in [-0.39, 0.29) is 5.88 Å². The molecule has 2 N–H and O–H groups in total. The zero-order chi connectivity index (χ0) is 16.8. The van der Waals surface area contributed by atoms with Crippen molar-refractivity contribution in [2.75, 3.05) is 0 Å². The number of hydrogen-bond acceptors (Lipinski definition) is 3. The highest BCUT2D eigenvalue weighted by molar-refractivity contribution is 5.70. The van der Waals surface area contributed by atoms with Crippen LogP contribution in [0, 0.1) is 0 Å². The van der Waals surface area contributed by atoms with Crippen LogP contribution >= 0.6 is 0 Å². The lowest BCUT2D eigenvalue weighted by atomic mass is 10.0. The number of benzene rings is 2. The molecular formula is C20H18N2O2. The average molecular weight is 318 g/mol. The second kappa shape index (κ2) is 7.42. The number of carbonyl (C=O) groups is 1. The summed E-state index contributed by atoms with van der Waals surface area (Å²) in [5, 5.41) is 0. The topological polar surface area (TPSA) is 65.2 Å².